The average Bonchev–Trinajstić information content (AvgIpc) is 3.03. The van der Waals surface area contributed by atoms with Crippen LogP contribution in [0.4, 0.5) is 5.13 Å². The summed E-state index contributed by atoms with van der Waals surface area (Å²) in [6.45, 7) is 8.04. The Bertz CT molecular complexity index is 482. The van der Waals surface area contributed by atoms with Crippen LogP contribution in [0.5, 0.6) is 0 Å². The van der Waals surface area contributed by atoms with Crippen LogP contribution >= 0.6 is 11.3 Å². The first-order valence-corrected chi connectivity index (χ1v) is 8.80. The Kier molecular flexibility index (Phi) is 3.44. The Morgan fingerprint density at radius 2 is 2.15 bits per heavy atom. The summed E-state index contributed by atoms with van der Waals surface area (Å²) in [4.78, 5) is 11.4. The molecule has 2 saturated heterocycles. The van der Waals surface area contributed by atoms with Crippen LogP contribution < -0.4 is 10.2 Å². The highest BCUT2D eigenvalue weighted by Gasteiger charge is 2.31. The lowest BCUT2D eigenvalue weighted by molar-refractivity contribution is 0.231. The van der Waals surface area contributed by atoms with Gasteiger partial charge in [0.05, 0.1) is 5.69 Å². The Balaban J connectivity index is 1.43. The summed E-state index contributed by atoms with van der Waals surface area (Å²) in [6, 6.07) is 1.56. The number of aryl methyl sites for hydroxylation is 1. The first-order chi connectivity index (χ1) is 9.79. The number of rotatable bonds is 4. The normalized spacial score (nSPS) is 27.1. The molecule has 0 bridgehead atoms. The molecule has 0 spiro atoms. The maximum atomic E-state index is 4.83. The molecule has 110 valence electrons. The molecule has 0 amide bonds. The average molecular weight is 292 g/mol. The lowest BCUT2D eigenvalue weighted by Gasteiger charge is -2.37. The van der Waals surface area contributed by atoms with Crippen LogP contribution in [0, 0.1) is 6.92 Å². The van der Waals surface area contributed by atoms with Gasteiger partial charge in [-0.25, -0.2) is 4.98 Å². The van der Waals surface area contributed by atoms with Crippen molar-refractivity contribution in [3.05, 3.63) is 10.6 Å². The van der Waals surface area contributed by atoms with E-state index in [1.165, 1.54) is 61.0 Å². The van der Waals surface area contributed by atoms with E-state index >= 15 is 0 Å². The van der Waals surface area contributed by atoms with E-state index in [2.05, 4.69) is 22.0 Å². The van der Waals surface area contributed by atoms with E-state index in [-0.39, 0.29) is 0 Å². The van der Waals surface area contributed by atoms with Gasteiger partial charge in [-0.05, 0) is 39.2 Å². The highest BCUT2D eigenvalue weighted by atomic mass is 32.1. The second kappa shape index (κ2) is 5.28. The fourth-order valence-corrected chi connectivity index (χ4v) is 4.45. The predicted octanol–water partition coefficient (Wildman–Crippen LogP) is 1.99. The molecule has 0 radical (unpaired) electrons. The minimum Gasteiger partial charge on any atom is -0.345 e. The third-order valence-corrected chi connectivity index (χ3v) is 6.09. The van der Waals surface area contributed by atoms with Crippen LogP contribution in [0.15, 0.2) is 0 Å². The van der Waals surface area contributed by atoms with E-state index in [0.29, 0.717) is 0 Å². The summed E-state index contributed by atoms with van der Waals surface area (Å²) in [5.74, 6) is 0. The minimum absolute atomic E-state index is 0.779. The molecule has 1 aliphatic carbocycles. The molecule has 3 heterocycles. The van der Waals surface area contributed by atoms with Crippen LogP contribution in [0.2, 0.25) is 0 Å². The molecule has 1 aromatic rings. The molecule has 1 saturated carbocycles. The van der Waals surface area contributed by atoms with Gasteiger partial charge in [-0.15, -0.1) is 11.3 Å². The molecular weight excluding hydrogens is 268 g/mol. The molecule has 1 N–H and O–H groups in total. The number of thiazole rings is 1. The zero-order valence-electron chi connectivity index (χ0n) is 12.3. The van der Waals surface area contributed by atoms with Gasteiger partial charge in [0.15, 0.2) is 5.13 Å². The summed E-state index contributed by atoms with van der Waals surface area (Å²) in [5, 5.41) is 4.86. The summed E-state index contributed by atoms with van der Waals surface area (Å²) in [6.07, 6.45) is 5.46. The first-order valence-electron chi connectivity index (χ1n) is 7.98. The summed E-state index contributed by atoms with van der Waals surface area (Å²) in [7, 11) is 0. The lowest BCUT2D eigenvalue weighted by Crippen LogP contribution is -2.50. The van der Waals surface area contributed by atoms with Gasteiger partial charge in [0, 0.05) is 43.1 Å². The van der Waals surface area contributed by atoms with Crippen LogP contribution in [-0.4, -0.2) is 48.1 Å². The number of nitrogens with zero attached hydrogens (tertiary/aromatic N) is 3. The van der Waals surface area contributed by atoms with Crippen molar-refractivity contribution < 1.29 is 0 Å². The number of nitrogens with one attached hydrogen (secondary N) is 1. The highest BCUT2D eigenvalue weighted by molar-refractivity contribution is 7.15. The van der Waals surface area contributed by atoms with Gasteiger partial charge >= 0.3 is 0 Å². The lowest BCUT2D eigenvalue weighted by atomic mass is 10.2. The quantitative estimate of drug-likeness (QED) is 0.919. The Hall–Kier alpha value is -0.650. The summed E-state index contributed by atoms with van der Waals surface area (Å²) < 4.78 is 0. The molecule has 0 aromatic carbocycles. The summed E-state index contributed by atoms with van der Waals surface area (Å²) in [5.41, 5.74) is 1.23. The van der Waals surface area contributed by atoms with Gasteiger partial charge in [0.25, 0.3) is 0 Å². The number of anilines is 1. The van der Waals surface area contributed by atoms with Crippen molar-refractivity contribution in [3.63, 3.8) is 0 Å². The van der Waals surface area contributed by atoms with Crippen molar-refractivity contribution in [3.8, 4) is 0 Å². The fourth-order valence-electron chi connectivity index (χ4n) is 3.40. The molecule has 1 aromatic heterocycles. The number of hydrogen-bond acceptors (Lipinski definition) is 5. The molecular formula is C15H24N4S. The highest BCUT2D eigenvalue weighted by Crippen LogP contribution is 2.31. The van der Waals surface area contributed by atoms with E-state index in [1.807, 2.05) is 11.3 Å². The van der Waals surface area contributed by atoms with Crippen LogP contribution in [0.3, 0.4) is 0 Å². The van der Waals surface area contributed by atoms with E-state index in [9.17, 15) is 0 Å². The van der Waals surface area contributed by atoms with Gasteiger partial charge in [0.1, 0.15) is 0 Å². The second-order valence-corrected chi connectivity index (χ2v) is 7.50. The Labute approximate surface area is 125 Å². The monoisotopic (exact) mass is 292 g/mol. The maximum Gasteiger partial charge on any atom is 0.185 e. The van der Waals surface area contributed by atoms with E-state index in [1.54, 1.807) is 0 Å². The largest absolute Gasteiger partial charge is 0.345 e. The molecule has 5 heteroatoms. The molecule has 3 fully saturated rings. The molecule has 1 unspecified atom stereocenters. The number of fused-ring (bicyclic) bond motifs is 1. The maximum absolute atomic E-state index is 4.83. The molecule has 2 aliphatic heterocycles. The smallest absolute Gasteiger partial charge is 0.185 e. The zero-order valence-corrected chi connectivity index (χ0v) is 13.1. The van der Waals surface area contributed by atoms with Crippen molar-refractivity contribution in [2.75, 3.05) is 31.1 Å². The van der Waals surface area contributed by atoms with Gasteiger partial charge in [-0.3, -0.25) is 4.90 Å². The van der Waals surface area contributed by atoms with Crippen LogP contribution in [0.25, 0.3) is 0 Å². The van der Waals surface area contributed by atoms with E-state index in [4.69, 9.17) is 4.98 Å². The van der Waals surface area contributed by atoms with Crippen molar-refractivity contribution >= 4 is 16.5 Å². The fraction of sp³-hybridized carbons (Fsp3) is 0.800. The number of piperazine rings is 1. The Morgan fingerprint density at radius 3 is 3.00 bits per heavy atom. The van der Waals surface area contributed by atoms with E-state index < -0.39 is 0 Å². The SMILES string of the molecule is Cc1nc(N2CCN3CCCC3C2)sc1CNC1CC1. The van der Waals surface area contributed by atoms with Gasteiger partial charge in [-0.1, -0.05) is 0 Å². The minimum atomic E-state index is 0.779. The van der Waals surface area contributed by atoms with Crippen molar-refractivity contribution in [1.82, 2.24) is 15.2 Å². The standard InChI is InChI=1S/C15H24N4S/c1-11-14(9-16-12-4-5-12)20-15(17-11)19-8-7-18-6-2-3-13(18)10-19/h12-13,16H,2-10H2,1H3. The first kappa shape index (κ1) is 13.0. The molecule has 4 nitrogen and oxygen atoms in total. The van der Waals surface area contributed by atoms with Crippen LogP contribution in [-0.2, 0) is 6.54 Å². The Morgan fingerprint density at radius 1 is 1.25 bits per heavy atom. The molecule has 4 rings (SSSR count). The zero-order chi connectivity index (χ0) is 13.5. The van der Waals surface area contributed by atoms with E-state index in [0.717, 1.165) is 25.2 Å². The van der Waals surface area contributed by atoms with Crippen molar-refractivity contribution in [2.45, 2.75) is 51.2 Å². The van der Waals surface area contributed by atoms with Gasteiger partial charge < -0.3 is 10.2 Å². The molecule has 3 aliphatic rings. The summed E-state index contributed by atoms with van der Waals surface area (Å²) >= 11 is 1.90. The third kappa shape index (κ3) is 2.59. The third-order valence-electron chi connectivity index (χ3n) is 4.87. The topological polar surface area (TPSA) is 31.4 Å². The van der Waals surface area contributed by atoms with Gasteiger partial charge in [0.2, 0.25) is 0 Å². The predicted molar refractivity (Wildman–Crippen MR) is 83.5 cm³/mol. The van der Waals surface area contributed by atoms with Crippen molar-refractivity contribution in [2.24, 2.45) is 0 Å². The van der Waals surface area contributed by atoms with Crippen molar-refractivity contribution in [1.29, 1.82) is 0 Å². The van der Waals surface area contributed by atoms with Gasteiger partial charge in [-0.2, -0.15) is 0 Å². The molecule has 1 atom stereocenters. The van der Waals surface area contributed by atoms with Crippen LogP contribution in [0.1, 0.15) is 36.3 Å². The molecule has 20 heavy (non-hydrogen) atoms. The number of aromatic nitrogens is 1. The second-order valence-electron chi connectivity index (χ2n) is 6.44. The number of hydrogen-bond donors (Lipinski definition) is 1.